The molecule has 0 bridgehead atoms. The first-order chi connectivity index (χ1) is 8.79. The Kier molecular flexibility index (Phi) is 2.78. The second kappa shape index (κ2) is 4.44. The van der Waals surface area contributed by atoms with Gasteiger partial charge in [-0.25, -0.2) is 4.98 Å². The van der Waals surface area contributed by atoms with E-state index in [0.29, 0.717) is 0 Å². The average molecular weight is 242 g/mol. The zero-order chi connectivity index (χ0) is 12.5. The molecule has 0 unspecified atom stereocenters. The van der Waals surface area contributed by atoms with Gasteiger partial charge in [-0.3, -0.25) is 4.68 Å². The lowest BCUT2D eigenvalue weighted by Crippen LogP contribution is -2.31. The minimum absolute atomic E-state index is 0.929. The molecule has 0 spiro atoms. The lowest BCUT2D eigenvalue weighted by molar-refractivity contribution is 0.595. The molecule has 1 aliphatic heterocycles. The molecule has 0 N–H and O–H groups in total. The van der Waals surface area contributed by atoms with Crippen LogP contribution in [-0.2, 0) is 19.5 Å². The first-order valence-electron chi connectivity index (χ1n) is 6.50. The Hall–Kier alpha value is -1.84. The number of aromatic nitrogens is 3. The molecule has 0 aromatic carbocycles. The van der Waals surface area contributed by atoms with E-state index in [2.05, 4.69) is 39.6 Å². The molecular weight excluding hydrogens is 224 g/mol. The minimum Gasteiger partial charge on any atom is -0.352 e. The van der Waals surface area contributed by atoms with Gasteiger partial charge >= 0.3 is 0 Å². The smallest absolute Gasteiger partial charge is 0.128 e. The molecule has 0 saturated carbocycles. The first kappa shape index (κ1) is 11.3. The maximum Gasteiger partial charge on any atom is 0.128 e. The third-order valence-electron chi connectivity index (χ3n) is 3.61. The van der Waals surface area contributed by atoms with E-state index in [4.69, 9.17) is 0 Å². The average Bonchev–Trinajstić information content (AvgIpc) is 2.76. The highest BCUT2D eigenvalue weighted by Crippen LogP contribution is 2.25. The van der Waals surface area contributed by atoms with Crippen LogP contribution in [-0.4, -0.2) is 21.3 Å². The van der Waals surface area contributed by atoms with Gasteiger partial charge < -0.3 is 4.90 Å². The highest BCUT2D eigenvalue weighted by atomic mass is 15.3. The normalized spacial score (nSPS) is 14.7. The number of aryl methyl sites for hydroxylation is 2. The maximum atomic E-state index is 4.61. The lowest BCUT2D eigenvalue weighted by Gasteiger charge is -2.28. The number of rotatable bonds is 2. The van der Waals surface area contributed by atoms with Crippen molar-refractivity contribution < 1.29 is 0 Å². The second-order valence-corrected chi connectivity index (χ2v) is 4.69. The summed E-state index contributed by atoms with van der Waals surface area (Å²) in [6.45, 7) is 7.16. The minimum atomic E-state index is 0.929. The fourth-order valence-electron chi connectivity index (χ4n) is 2.66. The van der Waals surface area contributed by atoms with Crippen LogP contribution < -0.4 is 4.90 Å². The quantitative estimate of drug-likeness (QED) is 0.809. The summed E-state index contributed by atoms with van der Waals surface area (Å²) in [6, 6.07) is 6.07. The highest BCUT2D eigenvalue weighted by molar-refractivity contribution is 5.43. The molecule has 3 heterocycles. The van der Waals surface area contributed by atoms with Crippen LogP contribution >= 0.6 is 0 Å². The number of anilines is 1. The largest absolute Gasteiger partial charge is 0.352 e. The molecule has 0 fully saturated rings. The molecule has 2 aromatic rings. The van der Waals surface area contributed by atoms with Crippen molar-refractivity contribution in [3.63, 3.8) is 0 Å². The fourth-order valence-corrected chi connectivity index (χ4v) is 2.66. The predicted molar refractivity (Wildman–Crippen MR) is 71.6 cm³/mol. The van der Waals surface area contributed by atoms with Crippen molar-refractivity contribution in [3.05, 3.63) is 41.3 Å². The topological polar surface area (TPSA) is 34.0 Å². The SMILES string of the molecule is CCn1nc(C)c2c1CCN(c1ccccn1)C2. The number of fused-ring (bicyclic) bond motifs is 1. The van der Waals surface area contributed by atoms with Gasteiger partial charge in [0.25, 0.3) is 0 Å². The summed E-state index contributed by atoms with van der Waals surface area (Å²) in [4.78, 5) is 6.76. The first-order valence-corrected chi connectivity index (χ1v) is 6.50. The van der Waals surface area contributed by atoms with Gasteiger partial charge in [-0.05, 0) is 26.0 Å². The van der Waals surface area contributed by atoms with Gasteiger partial charge in [0.1, 0.15) is 5.82 Å². The Balaban J connectivity index is 1.92. The molecule has 2 aromatic heterocycles. The van der Waals surface area contributed by atoms with Gasteiger partial charge in [-0.1, -0.05) is 6.07 Å². The van der Waals surface area contributed by atoms with E-state index in [1.54, 1.807) is 0 Å². The van der Waals surface area contributed by atoms with Crippen molar-refractivity contribution in [1.29, 1.82) is 0 Å². The van der Waals surface area contributed by atoms with Crippen LogP contribution in [0.3, 0.4) is 0 Å². The van der Waals surface area contributed by atoms with Gasteiger partial charge in [0, 0.05) is 43.5 Å². The van der Waals surface area contributed by atoms with Crippen LogP contribution in [0.25, 0.3) is 0 Å². The van der Waals surface area contributed by atoms with E-state index in [9.17, 15) is 0 Å². The summed E-state index contributed by atoms with van der Waals surface area (Å²) in [5.74, 6) is 1.06. The zero-order valence-corrected chi connectivity index (χ0v) is 10.9. The summed E-state index contributed by atoms with van der Waals surface area (Å²) in [6.07, 6.45) is 2.91. The Morgan fingerprint density at radius 3 is 2.94 bits per heavy atom. The maximum absolute atomic E-state index is 4.61. The molecule has 4 nitrogen and oxygen atoms in total. The second-order valence-electron chi connectivity index (χ2n) is 4.69. The molecular formula is C14H18N4. The molecule has 0 aliphatic carbocycles. The summed E-state index contributed by atoms with van der Waals surface area (Å²) < 4.78 is 2.14. The number of pyridine rings is 1. The third-order valence-corrected chi connectivity index (χ3v) is 3.61. The van der Waals surface area contributed by atoms with Gasteiger partial charge in [-0.2, -0.15) is 5.10 Å². The van der Waals surface area contributed by atoms with Crippen LogP contribution in [0.15, 0.2) is 24.4 Å². The monoisotopic (exact) mass is 242 g/mol. The van der Waals surface area contributed by atoms with Crippen molar-refractivity contribution in [2.24, 2.45) is 0 Å². The Morgan fingerprint density at radius 1 is 1.33 bits per heavy atom. The third kappa shape index (κ3) is 1.78. The highest BCUT2D eigenvalue weighted by Gasteiger charge is 2.23. The summed E-state index contributed by atoms with van der Waals surface area (Å²) >= 11 is 0. The number of hydrogen-bond donors (Lipinski definition) is 0. The molecule has 1 aliphatic rings. The van der Waals surface area contributed by atoms with Crippen molar-refractivity contribution in [3.8, 4) is 0 Å². The standard InChI is InChI=1S/C14H18N4/c1-3-18-13-7-9-17(10-12(13)11(2)16-18)14-6-4-5-8-15-14/h4-6,8H,3,7,9-10H2,1-2H3. The molecule has 18 heavy (non-hydrogen) atoms. The van der Waals surface area contributed by atoms with E-state index < -0.39 is 0 Å². The van der Waals surface area contributed by atoms with E-state index in [1.165, 1.54) is 11.3 Å². The lowest BCUT2D eigenvalue weighted by atomic mass is 10.1. The van der Waals surface area contributed by atoms with Crippen molar-refractivity contribution >= 4 is 5.82 Å². The van der Waals surface area contributed by atoms with Crippen LogP contribution in [0.4, 0.5) is 5.82 Å². The molecule has 0 radical (unpaired) electrons. The van der Waals surface area contributed by atoms with Crippen molar-refractivity contribution in [2.45, 2.75) is 33.4 Å². The number of nitrogens with zero attached hydrogens (tertiary/aromatic N) is 4. The van der Waals surface area contributed by atoms with Gasteiger partial charge in [0.2, 0.25) is 0 Å². The molecule has 0 amide bonds. The van der Waals surface area contributed by atoms with Crippen LogP contribution in [0.2, 0.25) is 0 Å². The van der Waals surface area contributed by atoms with Crippen molar-refractivity contribution in [1.82, 2.24) is 14.8 Å². The predicted octanol–water partition coefficient (Wildman–Crippen LogP) is 2.17. The van der Waals surface area contributed by atoms with E-state index in [-0.39, 0.29) is 0 Å². The van der Waals surface area contributed by atoms with E-state index >= 15 is 0 Å². The molecule has 3 rings (SSSR count). The molecule has 4 heteroatoms. The number of hydrogen-bond acceptors (Lipinski definition) is 3. The Morgan fingerprint density at radius 2 is 2.22 bits per heavy atom. The van der Waals surface area contributed by atoms with Crippen LogP contribution in [0.1, 0.15) is 23.9 Å². The van der Waals surface area contributed by atoms with Crippen molar-refractivity contribution in [2.75, 3.05) is 11.4 Å². The van der Waals surface area contributed by atoms with Gasteiger partial charge in [0.05, 0.1) is 5.69 Å². The van der Waals surface area contributed by atoms with Gasteiger partial charge in [-0.15, -0.1) is 0 Å². The molecule has 94 valence electrons. The summed E-state index contributed by atoms with van der Waals surface area (Å²) in [7, 11) is 0. The summed E-state index contributed by atoms with van der Waals surface area (Å²) in [5.41, 5.74) is 3.95. The fraction of sp³-hybridized carbons (Fsp3) is 0.429. The zero-order valence-electron chi connectivity index (χ0n) is 10.9. The van der Waals surface area contributed by atoms with E-state index in [1.807, 2.05) is 18.3 Å². The van der Waals surface area contributed by atoms with E-state index in [0.717, 1.165) is 37.6 Å². The summed E-state index contributed by atoms with van der Waals surface area (Å²) in [5, 5.41) is 4.61. The molecule has 0 atom stereocenters. The van der Waals surface area contributed by atoms with Crippen LogP contribution in [0.5, 0.6) is 0 Å². The molecule has 0 saturated heterocycles. The Labute approximate surface area is 107 Å². The Bertz CT molecular complexity index is 544. The van der Waals surface area contributed by atoms with Crippen LogP contribution in [0, 0.1) is 6.92 Å². The van der Waals surface area contributed by atoms with Gasteiger partial charge in [0.15, 0.2) is 0 Å².